The lowest BCUT2D eigenvalue weighted by atomic mass is 9.83. The van der Waals surface area contributed by atoms with Gasteiger partial charge in [0.1, 0.15) is 5.75 Å². The highest BCUT2D eigenvalue weighted by molar-refractivity contribution is 5.79. The third-order valence-electron chi connectivity index (χ3n) is 7.63. The van der Waals surface area contributed by atoms with Gasteiger partial charge in [0.15, 0.2) is 11.5 Å². The Morgan fingerprint density at radius 2 is 1.95 bits per heavy atom. The summed E-state index contributed by atoms with van der Waals surface area (Å²) in [6.45, 7) is 4.40. The smallest absolute Gasteiger partial charge is 0.308 e. The molecular formula is C29H39N3O6. The average Bonchev–Trinajstić information content (AvgIpc) is 3.54. The van der Waals surface area contributed by atoms with Gasteiger partial charge < -0.3 is 30.0 Å². The van der Waals surface area contributed by atoms with Gasteiger partial charge in [0.2, 0.25) is 12.7 Å². The first kappa shape index (κ1) is 27.7. The number of nitrogens with two attached hydrogens (primary N) is 1. The van der Waals surface area contributed by atoms with Crippen molar-refractivity contribution < 1.29 is 28.9 Å². The molecular weight excluding hydrogens is 486 g/mol. The van der Waals surface area contributed by atoms with Crippen molar-refractivity contribution in [3.05, 3.63) is 53.6 Å². The average molecular weight is 526 g/mol. The van der Waals surface area contributed by atoms with Gasteiger partial charge in [-0.1, -0.05) is 37.6 Å². The number of amides is 1. The zero-order valence-electron chi connectivity index (χ0n) is 22.3. The fraction of sp³-hybridized carbons (Fsp3) is 0.517. The van der Waals surface area contributed by atoms with E-state index in [0.717, 1.165) is 29.7 Å². The first-order valence-corrected chi connectivity index (χ1v) is 13.4. The number of aryl methyl sites for hydroxylation is 1. The van der Waals surface area contributed by atoms with E-state index in [1.165, 1.54) is 0 Å². The van der Waals surface area contributed by atoms with Crippen molar-refractivity contribution in [2.45, 2.75) is 44.6 Å². The molecule has 0 spiro atoms. The van der Waals surface area contributed by atoms with Gasteiger partial charge in [0.05, 0.1) is 19.6 Å². The Bertz CT molecular complexity index is 1110. The van der Waals surface area contributed by atoms with Gasteiger partial charge in [-0.3, -0.25) is 14.5 Å². The van der Waals surface area contributed by atoms with Crippen LogP contribution < -0.4 is 19.9 Å². The summed E-state index contributed by atoms with van der Waals surface area (Å²) < 4.78 is 16.6. The van der Waals surface area contributed by atoms with Crippen LogP contribution in [0.25, 0.3) is 0 Å². The number of carboxylic acids is 1. The Hall–Kier alpha value is -3.30. The number of carbonyl (C=O) groups is 2. The number of ether oxygens (including phenoxy) is 3. The Balaban J connectivity index is 1.62. The lowest BCUT2D eigenvalue weighted by Gasteiger charge is -2.29. The van der Waals surface area contributed by atoms with Crippen molar-refractivity contribution in [3.63, 3.8) is 0 Å². The summed E-state index contributed by atoms with van der Waals surface area (Å²) in [6.07, 6.45) is 3.10. The van der Waals surface area contributed by atoms with Crippen LogP contribution in [0, 0.1) is 5.92 Å². The number of carboxylic acid groups (broad SMARTS) is 1. The van der Waals surface area contributed by atoms with Crippen LogP contribution in [0.1, 0.15) is 43.2 Å². The predicted octanol–water partition coefficient (Wildman–Crippen LogP) is 3.11. The highest BCUT2D eigenvalue weighted by Gasteiger charge is 2.47. The van der Waals surface area contributed by atoms with E-state index in [2.05, 4.69) is 11.8 Å². The number of unbranched alkanes of at least 4 members (excludes halogenated alkanes) is 1. The molecule has 0 bridgehead atoms. The fourth-order valence-corrected chi connectivity index (χ4v) is 5.69. The molecule has 3 N–H and O–H groups in total. The molecule has 2 aliphatic heterocycles. The number of hydrogen-bond donors (Lipinski definition) is 2. The van der Waals surface area contributed by atoms with E-state index >= 15 is 0 Å². The van der Waals surface area contributed by atoms with Crippen molar-refractivity contribution in [1.29, 1.82) is 0 Å². The molecule has 1 fully saturated rings. The second-order valence-electron chi connectivity index (χ2n) is 9.95. The lowest BCUT2D eigenvalue weighted by Crippen LogP contribution is -2.45. The lowest BCUT2D eigenvalue weighted by molar-refractivity contribution is -0.143. The van der Waals surface area contributed by atoms with Gasteiger partial charge in [-0.15, -0.1) is 0 Å². The van der Waals surface area contributed by atoms with Gasteiger partial charge in [-0.2, -0.15) is 0 Å². The molecule has 1 saturated heterocycles. The molecule has 4 rings (SSSR count). The number of benzene rings is 2. The maximum absolute atomic E-state index is 13.4. The van der Waals surface area contributed by atoms with Crippen LogP contribution in [0.15, 0.2) is 42.5 Å². The van der Waals surface area contributed by atoms with Gasteiger partial charge in [-0.05, 0) is 48.6 Å². The SMILES string of the molecule is CCCCN(CCN)C(=O)CN1CC(c2ccc3c(c2)OCO3)C(C(=O)O)C1CCc1ccccc1OC. The minimum atomic E-state index is -0.863. The second kappa shape index (κ2) is 13.0. The summed E-state index contributed by atoms with van der Waals surface area (Å²) in [7, 11) is 1.64. The summed E-state index contributed by atoms with van der Waals surface area (Å²) in [4.78, 5) is 30.0. The molecule has 206 valence electrons. The van der Waals surface area contributed by atoms with Crippen LogP contribution in [-0.4, -0.2) is 79.5 Å². The highest BCUT2D eigenvalue weighted by Crippen LogP contribution is 2.43. The van der Waals surface area contributed by atoms with Crippen molar-refractivity contribution in [2.75, 3.05) is 46.6 Å². The third-order valence-corrected chi connectivity index (χ3v) is 7.63. The van der Waals surface area contributed by atoms with Crippen LogP contribution in [0.4, 0.5) is 0 Å². The standard InChI is InChI=1S/C29H39N3O6/c1-3-4-14-31(15-13-30)27(33)18-32-17-22(21-10-12-25-26(16-21)38-19-37-25)28(29(34)35)23(32)11-9-20-7-5-6-8-24(20)36-2/h5-8,10,12,16,22-23,28H,3-4,9,11,13-15,17-19,30H2,1-2H3,(H,34,35). The zero-order chi connectivity index (χ0) is 27.1. The van der Waals surface area contributed by atoms with Gasteiger partial charge in [0, 0.05) is 38.1 Å². The van der Waals surface area contributed by atoms with Crippen LogP contribution >= 0.6 is 0 Å². The molecule has 3 atom stereocenters. The number of aliphatic carboxylic acids is 1. The minimum Gasteiger partial charge on any atom is -0.496 e. The molecule has 38 heavy (non-hydrogen) atoms. The number of hydrogen-bond acceptors (Lipinski definition) is 7. The number of fused-ring (bicyclic) bond motifs is 1. The number of likely N-dealkylation sites (tertiary alicyclic amines) is 1. The van der Waals surface area contributed by atoms with Crippen LogP contribution in [-0.2, 0) is 16.0 Å². The van der Waals surface area contributed by atoms with Crippen molar-refractivity contribution >= 4 is 11.9 Å². The van der Waals surface area contributed by atoms with Crippen LogP contribution in [0.2, 0.25) is 0 Å². The van der Waals surface area contributed by atoms with E-state index in [9.17, 15) is 14.7 Å². The van der Waals surface area contributed by atoms with Gasteiger partial charge in [-0.25, -0.2) is 0 Å². The summed E-state index contributed by atoms with van der Waals surface area (Å²) in [6, 6.07) is 13.1. The first-order chi connectivity index (χ1) is 18.5. The minimum absolute atomic E-state index is 0.0123. The largest absolute Gasteiger partial charge is 0.496 e. The van der Waals surface area contributed by atoms with Crippen molar-refractivity contribution in [2.24, 2.45) is 11.7 Å². The molecule has 0 aliphatic carbocycles. The van der Waals surface area contributed by atoms with Gasteiger partial charge >= 0.3 is 5.97 Å². The normalized spacial score (nSPS) is 20.4. The monoisotopic (exact) mass is 525 g/mol. The van der Waals surface area contributed by atoms with Crippen LogP contribution in [0.3, 0.4) is 0 Å². The van der Waals surface area contributed by atoms with E-state index in [1.54, 1.807) is 7.11 Å². The molecule has 2 aromatic rings. The van der Waals surface area contributed by atoms with E-state index in [1.807, 2.05) is 47.4 Å². The van der Waals surface area contributed by atoms with E-state index in [-0.39, 0.29) is 31.2 Å². The summed E-state index contributed by atoms with van der Waals surface area (Å²) >= 11 is 0. The van der Waals surface area contributed by atoms with Crippen molar-refractivity contribution in [3.8, 4) is 17.2 Å². The molecule has 9 nitrogen and oxygen atoms in total. The molecule has 0 saturated carbocycles. The quantitative estimate of drug-likeness (QED) is 0.410. The Labute approximate surface area is 224 Å². The molecule has 9 heteroatoms. The molecule has 1 amide bonds. The molecule has 2 aromatic carbocycles. The van der Waals surface area contributed by atoms with E-state index < -0.39 is 11.9 Å². The number of nitrogens with zero attached hydrogens (tertiary/aromatic N) is 2. The second-order valence-corrected chi connectivity index (χ2v) is 9.95. The molecule has 0 aromatic heterocycles. The Morgan fingerprint density at radius 1 is 1.16 bits per heavy atom. The van der Waals surface area contributed by atoms with Crippen molar-refractivity contribution in [1.82, 2.24) is 9.80 Å². The Morgan fingerprint density at radius 3 is 2.68 bits per heavy atom. The highest BCUT2D eigenvalue weighted by atomic mass is 16.7. The predicted molar refractivity (Wildman–Crippen MR) is 144 cm³/mol. The maximum atomic E-state index is 13.4. The van der Waals surface area contributed by atoms with Crippen LogP contribution in [0.5, 0.6) is 17.2 Å². The summed E-state index contributed by atoms with van der Waals surface area (Å²) in [5.41, 5.74) is 7.70. The number of methoxy groups -OCH3 is 1. The first-order valence-electron chi connectivity index (χ1n) is 13.4. The summed E-state index contributed by atoms with van der Waals surface area (Å²) in [5, 5.41) is 10.4. The number of carbonyl (C=O) groups excluding carboxylic acids is 1. The van der Waals surface area contributed by atoms with E-state index in [4.69, 9.17) is 19.9 Å². The third kappa shape index (κ3) is 6.22. The fourth-order valence-electron chi connectivity index (χ4n) is 5.69. The molecule has 3 unspecified atom stereocenters. The molecule has 0 radical (unpaired) electrons. The maximum Gasteiger partial charge on any atom is 0.308 e. The zero-order valence-corrected chi connectivity index (χ0v) is 22.3. The van der Waals surface area contributed by atoms with E-state index in [0.29, 0.717) is 50.5 Å². The summed E-state index contributed by atoms with van der Waals surface area (Å²) in [5.74, 6) is 0.208. The topological polar surface area (TPSA) is 115 Å². The Kier molecular flexibility index (Phi) is 9.47. The molecule has 2 heterocycles. The number of para-hydroxylation sites is 1. The van der Waals surface area contributed by atoms with Gasteiger partial charge in [0.25, 0.3) is 0 Å². The number of rotatable bonds is 13. The molecule has 2 aliphatic rings.